The summed E-state index contributed by atoms with van der Waals surface area (Å²) in [6, 6.07) is 8.94. The van der Waals surface area contributed by atoms with Gasteiger partial charge < -0.3 is 5.32 Å². The molecule has 2 aromatic rings. The molecule has 0 radical (unpaired) electrons. The fourth-order valence-corrected chi connectivity index (χ4v) is 1.51. The van der Waals surface area contributed by atoms with E-state index in [4.69, 9.17) is 0 Å². The Hall–Kier alpha value is -2.43. The summed E-state index contributed by atoms with van der Waals surface area (Å²) in [5.74, 6) is 0.417. The third-order valence-electron chi connectivity index (χ3n) is 2.46. The Morgan fingerprint density at radius 1 is 1.17 bits per heavy atom. The summed E-state index contributed by atoms with van der Waals surface area (Å²) in [6.07, 6.45) is 1.55. The lowest BCUT2D eigenvalue weighted by atomic mass is 10.1. The molecule has 2 rings (SSSR count). The summed E-state index contributed by atoms with van der Waals surface area (Å²) in [5, 5.41) is 12.9. The molecular weight excluding hydrogens is 228 g/mol. The molecule has 0 fully saturated rings. The van der Waals surface area contributed by atoms with E-state index in [1.54, 1.807) is 18.3 Å². The van der Waals surface area contributed by atoms with Crippen molar-refractivity contribution in [3.05, 3.63) is 47.7 Å². The quantitative estimate of drug-likeness (QED) is 0.850. The molecule has 0 saturated heterocycles. The lowest BCUT2D eigenvalue weighted by Gasteiger charge is -2.09. The highest BCUT2D eigenvalue weighted by Crippen LogP contribution is 2.16. The molecule has 0 aliphatic carbocycles. The van der Waals surface area contributed by atoms with Crippen LogP contribution in [0.4, 0.5) is 16.3 Å². The molecule has 0 bridgehead atoms. The van der Waals surface area contributed by atoms with Gasteiger partial charge in [-0.1, -0.05) is 12.1 Å². The number of carbonyl (C=O) groups is 1. The largest absolute Gasteiger partial charge is 0.324 e. The van der Waals surface area contributed by atoms with Crippen molar-refractivity contribution in [2.45, 2.75) is 13.8 Å². The van der Waals surface area contributed by atoms with Gasteiger partial charge in [-0.15, -0.1) is 5.10 Å². The van der Waals surface area contributed by atoms with Crippen molar-refractivity contribution in [3.63, 3.8) is 0 Å². The molecule has 0 atom stereocenters. The Bertz CT molecular complexity index is 554. The molecular formula is C13H14N4O. The van der Waals surface area contributed by atoms with Crippen LogP contribution in [0.1, 0.15) is 11.1 Å². The molecule has 0 aliphatic rings. The molecule has 0 unspecified atom stereocenters. The van der Waals surface area contributed by atoms with Crippen molar-refractivity contribution < 1.29 is 4.79 Å². The van der Waals surface area contributed by atoms with E-state index in [-0.39, 0.29) is 6.03 Å². The van der Waals surface area contributed by atoms with Crippen molar-refractivity contribution in [1.29, 1.82) is 0 Å². The molecule has 0 saturated carbocycles. The minimum atomic E-state index is -0.329. The van der Waals surface area contributed by atoms with Gasteiger partial charge >= 0.3 is 6.03 Å². The number of aromatic nitrogens is 2. The molecule has 0 spiro atoms. The zero-order chi connectivity index (χ0) is 13.0. The van der Waals surface area contributed by atoms with Gasteiger partial charge in [-0.05, 0) is 43.2 Å². The minimum Gasteiger partial charge on any atom is -0.307 e. The number of hydrogen-bond donors (Lipinski definition) is 2. The first kappa shape index (κ1) is 12.0. The van der Waals surface area contributed by atoms with Gasteiger partial charge in [0.1, 0.15) is 0 Å². The van der Waals surface area contributed by atoms with Crippen molar-refractivity contribution in [3.8, 4) is 0 Å². The number of aryl methyl sites for hydroxylation is 2. The molecule has 1 aromatic carbocycles. The summed E-state index contributed by atoms with van der Waals surface area (Å²) in [5.41, 5.74) is 2.89. The summed E-state index contributed by atoms with van der Waals surface area (Å²) in [7, 11) is 0. The fraction of sp³-hybridized carbons (Fsp3) is 0.154. The van der Waals surface area contributed by atoms with E-state index in [1.807, 2.05) is 32.0 Å². The van der Waals surface area contributed by atoms with Crippen molar-refractivity contribution in [2.24, 2.45) is 0 Å². The first-order valence-electron chi connectivity index (χ1n) is 5.58. The van der Waals surface area contributed by atoms with Crippen LogP contribution in [0, 0.1) is 13.8 Å². The van der Waals surface area contributed by atoms with Crippen LogP contribution in [0.3, 0.4) is 0 Å². The number of rotatable bonds is 2. The van der Waals surface area contributed by atoms with E-state index < -0.39 is 0 Å². The molecule has 1 aromatic heterocycles. The molecule has 2 amide bonds. The Kier molecular flexibility index (Phi) is 3.52. The third kappa shape index (κ3) is 3.04. The van der Waals surface area contributed by atoms with Gasteiger partial charge in [0, 0.05) is 11.9 Å². The van der Waals surface area contributed by atoms with E-state index in [9.17, 15) is 4.79 Å². The van der Waals surface area contributed by atoms with Crippen molar-refractivity contribution in [2.75, 3.05) is 10.6 Å². The Balaban J connectivity index is 2.05. The highest BCUT2D eigenvalue weighted by Gasteiger charge is 2.05. The zero-order valence-electron chi connectivity index (χ0n) is 10.3. The van der Waals surface area contributed by atoms with Crippen LogP contribution in [-0.4, -0.2) is 16.2 Å². The molecule has 0 aliphatic heterocycles. The Morgan fingerprint density at radius 2 is 2.00 bits per heavy atom. The number of carbonyl (C=O) groups excluding carboxylic acids is 1. The Labute approximate surface area is 105 Å². The average Bonchev–Trinajstić information content (AvgIpc) is 2.35. The first-order chi connectivity index (χ1) is 8.65. The number of benzene rings is 1. The molecule has 92 valence electrons. The van der Waals surface area contributed by atoms with Crippen LogP contribution in [-0.2, 0) is 0 Å². The molecule has 18 heavy (non-hydrogen) atoms. The van der Waals surface area contributed by atoms with E-state index in [1.165, 1.54) is 0 Å². The molecule has 5 nitrogen and oxygen atoms in total. The fourth-order valence-electron chi connectivity index (χ4n) is 1.51. The van der Waals surface area contributed by atoms with E-state index in [0.29, 0.717) is 5.82 Å². The van der Waals surface area contributed by atoms with Crippen LogP contribution in [0.5, 0.6) is 0 Å². The number of urea groups is 1. The number of anilines is 2. The third-order valence-corrected chi connectivity index (χ3v) is 2.46. The SMILES string of the molecule is Cc1ccc(C)c(NC(=O)Nc2cccnn2)c1. The van der Waals surface area contributed by atoms with Gasteiger partial charge in [0.25, 0.3) is 0 Å². The van der Waals surface area contributed by atoms with Gasteiger partial charge in [0.2, 0.25) is 0 Å². The summed E-state index contributed by atoms with van der Waals surface area (Å²) < 4.78 is 0. The summed E-state index contributed by atoms with van der Waals surface area (Å²) in [6.45, 7) is 3.92. The van der Waals surface area contributed by atoms with Gasteiger partial charge in [0.05, 0.1) is 0 Å². The normalized spacial score (nSPS) is 9.89. The second-order valence-electron chi connectivity index (χ2n) is 4.01. The maximum atomic E-state index is 11.8. The summed E-state index contributed by atoms with van der Waals surface area (Å²) in [4.78, 5) is 11.8. The van der Waals surface area contributed by atoms with Crippen LogP contribution in [0.25, 0.3) is 0 Å². The number of nitrogens with one attached hydrogen (secondary N) is 2. The Morgan fingerprint density at radius 3 is 2.72 bits per heavy atom. The minimum absolute atomic E-state index is 0.329. The summed E-state index contributed by atoms with van der Waals surface area (Å²) >= 11 is 0. The standard InChI is InChI=1S/C13H14N4O/c1-9-5-6-10(2)11(8-9)15-13(18)16-12-4-3-7-14-17-12/h3-8H,1-2H3,(H2,15,16,17,18). The number of amides is 2. The molecule has 5 heteroatoms. The lowest BCUT2D eigenvalue weighted by molar-refractivity contribution is 0.262. The maximum absolute atomic E-state index is 11.8. The van der Waals surface area contributed by atoms with E-state index >= 15 is 0 Å². The average molecular weight is 242 g/mol. The smallest absolute Gasteiger partial charge is 0.307 e. The van der Waals surface area contributed by atoms with Gasteiger partial charge in [-0.25, -0.2) is 4.79 Å². The van der Waals surface area contributed by atoms with E-state index in [0.717, 1.165) is 16.8 Å². The van der Waals surface area contributed by atoms with Crippen LogP contribution in [0.15, 0.2) is 36.5 Å². The van der Waals surface area contributed by atoms with Crippen LogP contribution >= 0.6 is 0 Å². The second-order valence-corrected chi connectivity index (χ2v) is 4.01. The van der Waals surface area contributed by atoms with Crippen LogP contribution in [0.2, 0.25) is 0 Å². The number of hydrogen-bond acceptors (Lipinski definition) is 3. The highest BCUT2D eigenvalue weighted by molar-refractivity contribution is 5.99. The first-order valence-corrected chi connectivity index (χ1v) is 5.58. The van der Waals surface area contributed by atoms with Gasteiger partial charge in [-0.3, -0.25) is 5.32 Å². The molecule has 1 heterocycles. The molecule has 2 N–H and O–H groups in total. The van der Waals surface area contributed by atoms with Gasteiger partial charge in [0.15, 0.2) is 5.82 Å². The van der Waals surface area contributed by atoms with Crippen molar-refractivity contribution >= 4 is 17.5 Å². The number of nitrogens with zero attached hydrogens (tertiary/aromatic N) is 2. The maximum Gasteiger partial charge on any atom is 0.324 e. The second kappa shape index (κ2) is 5.27. The topological polar surface area (TPSA) is 66.9 Å². The van der Waals surface area contributed by atoms with Gasteiger partial charge in [-0.2, -0.15) is 5.10 Å². The van der Waals surface area contributed by atoms with Crippen molar-refractivity contribution in [1.82, 2.24) is 10.2 Å². The predicted octanol–water partition coefficient (Wildman–Crippen LogP) is 2.74. The predicted molar refractivity (Wildman–Crippen MR) is 70.6 cm³/mol. The zero-order valence-corrected chi connectivity index (χ0v) is 10.3. The monoisotopic (exact) mass is 242 g/mol. The highest BCUT2D eigenvalue weighted by atomic mass is 16.2. The lowest BCUT2D eigenvalue weighted by Crippen LogP contribution is -2.20. The van der Waals surface area contributed by atoms with Crippen LogP contribution < -0.4 is 10.6 Å². The van der Waals surface area contributed by atoms with E-state index in [2.05, 4.69) is 20.8 Å².